The molecule has 2 N–H and O–H groups in total. The average molecular weight is 484 g/mol. The number of hydrogen-bond donors (Lipinski definition) is 1. The van der Waals surface area contributed by atoms with E-state index in [1.54, 1.807) is 24.1 Å². The maximum absolute atomic E-state index is 13.3. The third-order valence-corrected chi connectivity index (χ3v) is 5.70. The molecule has 1 aliphatic heterocycles. The van der Waals surface area contributed by atoms with Crippen LogP contribution in [0.5, 0.6) is 5.75 Å². The predicted molar refractivity (Wildman–Crippen MR) is 117 cm³/mol. The third kappa shape index (κ3) is 3.95. The second kappa shape index (κ2) is 8.31. The van der Waals surface area contributed by atoms with Crippen molar-refractivity contribution in [2.45, 2.75) is 32.2 Å². The number of ether oxygens (including phenoxy) is 1. The van der Waals surface area contributed by atoms with Crippen molar-refractivity contribution >= 4 is 16.8 Å². The van der Waals surface area contributed by atoms with Crippen LogP contribution in [-0.2, 0) is 19.3 Å². The SMILES string of the molecule is COc1ccc(-c2nc(C(=O)N3Cc4cncnc4C3)c([C@H](C)N)o2)c2ccc(C(F)(F)F)nc12. The lowest BCUT2D eigenvalue weighted by molar-refractivity contribution is -0.140. The molecule has 1 aromatic carbocycles. The maximum atomic E-state index is 13.3. The smallest absolute Gasteiger partial charge is 0.433 e. The van der Waals surface area contributed by atoms with Gasteiger partial charge in [-0.25, -0.2) is 19.9 Å². The summed E-state index contributed by atoms with van der Waals surface area (Å²) in [4.78, 5) is 31.3. The second-order valence-corrected chi connectivity index (χ2v) is 8.08. The Bertz CT molecular complexity index is 1430. The summed E-state index contributed by atoms with van der Waals surface area (Å²) in [6, 6.07) is 4.53. The van der Waals surface area contributed by atoms with E-state index in [4.69, 9.17) is 14.9 Å². The van der Waals surface area contributed by atoms with Gasteiger partial charge in [0.25, 0.3) is 5.91 Å². The van der Waals surface area contributed by atoms with Gasteiger partial charge in [0.15, 0.2) is 11.5 Å². The Labute approximate surface area is 196 Å². The van der Waals surface area contributed by atoms with E-state index in [1.807, 2.05) is 0 Å². The minimum absolute atomic E-state index is 0.0122. The topological polar surface area (TPSA) is 120 Å². The molecule has 0 bridgehead atoms. The van der Waals surface area contributed by atoms with Crippen molar-refractivity contribution in [2.24, 2.45) is 5.73 Å². The first kappa shape index (κ1) is 22.7. The van der Waals surface area contributed by atoms with Crippen molar-refractivity contribution in [2.75, 3.05) is 7.11 Å². The summed E-state index contributed by atoms with van der Waals surface area (Å²) in [5.74, 6) is -0.0519. The van der Waals surface area contributed by atoms with Gasteiger partial charge in [-0.15, -0.1) is 0 Å². The first-order valence-electron chi connectivity index (χ1n) is 10.6. The highest BCUT2D eigenvalue weighted by molar-refractivity contribution is 5.98. The van der Waals surface area contributed by atoms with Crippen molar-refractivity contribution in [3.8, 4) is 17.2 Å². The van der Waals surface area contributed by atoms with Gasteiger partial charge in [0.2, 0.25) is 5.89 Å². The molecule has 180 valence electrons. The normalized spacial score (nSPS) is 14.3. The lowest BCUT2D eigenvalue weighted by Gasteiger charge is -2.14. The number of carbonyl (C=O) groups is 1. The number of aromatic nitrogens is 4. The summed E-state index contributed by atoms with van der Waals surface area (Å²) >= 11 is 0. The standard InChI is InChI=1S/C23H19F3N6O3/c1-11(27)20-19(22(33)32-8-12-7-28-10-29-15(12)9-32)31-21(35-20)14-3-5-16(34-2)18-13(14)4-6-17(30-18)23(24,25)26/h3-7,10-11H,8-9,27H2,1-2H3/t11-/m0/s1. The molecule has 0 unspecified atom stereocenters. The molecule has 0 radical (unpaired) electrons. The Hall–Kier alpha value is -4.06. The van der Waals surface area contributed by atoms with Crippen molar-refractivity contribution in [3.63, 3.8) is 0 Å². The monoisotopic (exact) mass is 484 g/mol. The minimum Gasteiger partial charge on any atom is -0.494 e. The highest BCUT2D eigenvalue weighted by atomic mass is 19.4. The number of methoxy groups -OCH3 is 1. The number of pyridine rings is 1. The van der Waals surface area contributed by atoms with E-state index in [2.05, 4.69) is 19.9 Å². The Balaban J connectivity index is 1.59. The molecule has 0 saturated carbocycles. The van der Waals surface area contributed by atoms with Gasteiger partial charge in [0, 0.05) is 29.3 Å². The van der Waals surface area contributed by atoms with Gasteiger partial charge in [-0.2, -0.15) is 13.2 Å². The van der Waals surface area contributed by atoms with Crippen LogP contribution in [0.2, 0.25) is 0 Å². The fraction of sp³-hybridized carbons (Fsp3) is 0.261. The van der Waals surface area contributed by atoms with Crippen LogP contribution < -0.4 is 10.5 Å². The molecule has 1 amide bonds. The molecular weight excluding hydrogens is 465 g/mol. The van der Waals surface area contributed by atoms with Gasteiger partial charge in [0.1, 0.15) is 23.3 Å². The summed E-state index contributed by atoms with van der Waals surface area (Å²) in [6.07, 6.45) is -1.55. The van der Waals surface area contributed by atoms with Crippen molar-refractivity contribution in [1.29, 1.82) is 0 Å². The van der Waals surface area contributed by atoms with Crippen LogP contribution in [0.25, 0.3) is 22.4 Å². The van der Waals surface area contributed by atoms with E-state index in [9.17, 15) is 18.0 Å². The Morgan fingerprint density at radius 1 is 1.20 bits per heavy atom. The van der Waals surface area contributed by atoms with E-state index < -0.39 is 23.8 Å². The number of oxazole rings is 1. The molecule has 9 nitrogen and oxygen atoms in total. The van der Waals surface area contributed by atoms with E-state index in [-0.39, 0.29) is 35.2 Å². The zero-order chi connectivity index (χ0) is 24.9. The summed E-state index contributed by atoms with van der Waals surface area (Å²) in [5.41, 5.74) is 6.95. The summed E-state index contributed by atoms with van der Waals surface area (Å²) in [6.45, 7) is 2.24. The van der Waals surface area contributed by atoms with Crippen LogP contribution in [0.3, 0.4) is 0 Å². The first-order valence-corrected chi connectivity index (χ1v) is 10.6. The van der Waals surface area contributed by atoms with Crippen LogP contribution in [0.1, 0.15) is 46.2 Å². The van der Waals surface area contributed by atoms with Gasteiger partial charge in [0.05, 0.1) is 25.4 Å². The molecule has 35 heavy (non-hydrogen) atoms. The van der Waals surface area contributed by atoms with Gasteiger partial charge in [-0.1, -0.05) is 0 Å². The molecular formula is C23H19F3N6O3. The number of alkyl halides is 3. The number of rotatable bonds is 4. The molecule has 0 spiro atoms. The Morgan fingerprint density at radius 2 is 2.00 bits per heavy atom. The second-order valence-electron chi connectivity index (χ2n) is 8.08. The van der Waals surface area contributed by atoms with Crippen molar-refractivity contribution in [1.82, 2.24) is 24.8 Å². The summed E-state index contributed by atoms with van der Waals surface area (Å²) in [5, 5.41) is 0.317. The zero-order valence-corrected chi connectivity index (χ0v) is 18.6. The number of nitrogens with zero attached hydrogens (tertiary/aromatic N) is 5. The number of fused-ring (bicyclic) bond motifs is 2. The number of nitrogens with two attached hydrogens (primary N) is 1. The van der Waals surface area contributed by atoms with Gasteiger partial charge in [-0.05, 0) is 31.2 Å². The molecule has 1 atom stereocenters. The first-order chi connectivity index (χ1) is 16.7. The van der Waals surface area contributed by atoms with E-state index in [0.717, 1.165) is 17.3 Å². The fourth-order valence-electron chi connectivity index (χ4n) is 4.00. The average Bonchev–Trinajstić information content (AvgIpc) is 3.47. The predicted octanol–water partition coefficient (Wildman–Crippen LogP) is 3.88. The Morgan fingerprint density at radius 3 is 2.69 bits per heavy atom. The van der Waals surface area contributed by atoms with Crippen LogP contribution in [0.15, 0.2) is 41.2 Å². The molecule has 3 aromatic heterocycles. The van der Waals surface area contributed by atoms with Crippen LogP contribution in [-0.4, -0.2) is 37.9 Å². The summed E-state index contributed by atoms with van der Waals surface area (Å²) < 4.78 is 50.9. The molecule has 0 fully saturated rings. The zero-order valence-electron chi connectivity index (χ0n) is 18.6. The molecule has 4 heterocycles. The molecule has 0 aliphatic carbocycles. The molecule has 1 aliphatic rings. The molecule has 0 saturated heterocycles. The van der Waals surface area contributed by atoms with E-state index in [0.29, 0.717) is 17.5 Å². The Kier molecular flexibility index (Phi) is 5.39. The highest BCUT2D eigenvalue weighted by Gasteiger charge is 2.34. The quantitative estimate of drug-likeness (QED) is 0.463. The number of amides is 1. The van der Waals surface area contributed by atoms with E-state index >= 15 is 0 Å². The van der Waals surface area contributed by atoms with Crippen molar-refractivity contribution < 1.29 is 27.1 Å². The highest BCUT2D eigenvalue weighted by Crippen LogP contribution is 2.37. The molecule has 5 rings (SSSR count). The van der Waals surface area contributed by atoms with Gasteiger partial charge >= 0.3 is 6.18 Å². The van der Waals surface area contributed by atoms with Crippen LogP contribution >= 0.6 is 0 Å². The lowest BCUT2D eigenvalue weighted by Crippen LogP contribution is -2.27. The van der Waals surface area contributed by atoms with Gasteiger partial charge < -0.3 is 19.8 Å². The van der Waals surface area contributed by atoms with Crippen molar-refractivity contribution in [3.05, 3.63) is 65.2 Å². The molecule has 4 aromatic rings. The van der Waals surface area contributed by atoms with Crippen LogP contribution in [0, 0.1) is 0 Å². The van der Waals surface area contributed by atoms with E-state index in [1.165, 1.54) is 25.6 Å². The lowest BCUT2D eigenvalue weighted by atomic mass is 10.1. The number of benzene rings is 1. The third-order valence-electron chi connectivity index (χ3n) is 5.70. The molecule has 12 heteroatoms. The van der Waals surface area contributed by atoms with Crippen LogP contribution in [0.4, 0.5) is 13.2 Å². The maximum Gasteiger partial charge on any atom is 0.433 e. The number of hydrogen-bond acceptors (Lipinski definition) is 8. The summed E-state index contributed by atoms with van der Waals surface area (Å²) in [7, 11) is 1.34. The number of carbonyl (C=O) groups excluding carboxylic acids is 1. The number of halogens is 3. The van der Waals surface area contributed by atoms with Gasteiger partial charge in [-0.3, -0.25) is 4.79 Å². The largest absolute Gasteiger partial charge is 0.494 e. The minimum atomic E-state index is -4.63. The fourth-order valence-corrected chi connectivity index (χ4v) is 4.00.